The molecular formula is C17H18N2O4. The minimum Gasteiger partial charge on any atom is -0.506 e. The molecule has 0 bridgehead atoms. The summed E-state index contributed by atoms with van der Waals surface area (Å²) in [5.41, 5.74) is 1.64. The fraction of sp³-hybridized carbons (Fsp3) is 0.176. The number of carbonyl (C=O) groups is 2. The molecule has 0 saturated carbocycles. The van der Waals surface area contributed by atoms with Crippen molar-refractivity contribution in [3.63, 3.8) is 0 Å². The first-order valence-corrected chi connectivity index (χ1v) is 7.19. The second-order valence-corrected chi connectivity index (χ2v) is 4.74. The number of phenolic OH excluding ortho intramolecular Hbond substituents is 1. The van der Waals surface area contributed by atoms with E-state index in [1.807, 2.05) is 0 Å². The molecule has 0 aliphatic carbocycles. The number of phenols is 1. The first kappa shape index (κ1) is 16.4. The largest absolute Gasteiger partial charge is 0.506 e. The second kappa shape index (κ2) is 7.84. The maximum absolute atomic E-state index is 11.8. The normalized spacial score (nSPS) is 9.96. The van der Waals surface area contributed by atoms with Gasteiger partial charge in [-0.3, -0.25) is 0 Å². The molecule has 0 unspecified atom stereocenters. The summed E-state index contributed by atoms with van der Waals surface area (Å²) in [6.45, 7) is 2.37. The number of hydrogen-bond donors (Lipinski definition) is 3. The third kappa shape index (κ3) is 4.74. The highest BCUT2D eigenvalue weighted by Crippen LogP contribution is 2.21. The van der Waals surface area contributed by atoms with Gasteiger partial charge in [-0.05, 0) is 36.8 Å². The molecule has 2 aromatic rings. The average molecular weight is 314 g/mol. The van der Waals surface area contributed by atoms with Crippen molar-refractivity contribution < 1.29 is 19.4 Å². The van der Waals surface area contributed by atoms with E-state index in [0.29, 0.717) is 24.4 Å². The van der Waals surface area contributed by atoms with Crippen molar-refractivity contribution in [2.45, 2.75) is 13.5 Å². The molecule has 0 saturated heterocycles. The summed E-state index contributed by atoms with van der Waals surface area (Å²) in [7, 11) is 0. The molecule has 0 atom stereocenters. The van der Waals surface area contributed by atoms with Gasteiger partial charge in [-0.2, -0.15) is 0 Å². The first-order chi connectivity index (χ1) is 11.1. The monoisotopic (exact) mass is 314 g/mol. The number of aromatic hydroxyl groups is 1. The van der Waals surface area contributed by atoms with Gasteiger partial charge in [0, 0.05) is 6.54 Å². The van der Waals surface area contributed by atoms with Gasteiger partial charge in [-0.15, -0.1) is 0 Å². The molecule has 0 aliphatic heterocycles. The fourth-order valence-corrected chi connectivity index (χ4v) is 1.90. The molecule has 2 amide bonds. The molecule has 0 radical (unpaired) electrons. The zero-order valence-corrected chi connectivity index (χ0v) is 12.7. The van der Waals surface area contributed by atoms with Crippen molar-refractivity contribution >= 4 is 17.7 Å². The maximum atomic E-state index is 11.8. The topological polar surface area (TPSA) is 87.7 Å². The van der Waals surface area contributed by atoms with Crippen LogP contribution in [-0.4, -0.2) is 23.7 Å². The van der Waals surface area contributed by atoms with E-state index < -0.39 is 6.03 Å². The van der Waals surface area contributed by atoms with E-state index in [4.69, 9.17) is 4.74 Å². The number of carbonyl (C=O) groups excluding carboxylic acids is 2. The number of amides is 2. The van der Waals surface area contributed by atoms with Crippen molar-refractivity contribution in [2.24, 2.45) is 0 Å². The molecule has 0 fully saturated rings. The van der Waals surface area contributed by atoms with Crippen LogP contribution in [0.1, 0.15) is 22.8 Å². The molecule has 0 aromatic heterocycles. The van der Waals surface area contributed by atoms with Crippen LogP contribution in [-0.2, 0) is 11.3 Å². The Kier molecular flexibility index (Phi) is 5.57. The van der Waals surface area contributed by atoms with E-state index in [0.717, 1.165) is 5.56 Å². The standard InChI is InChI=1S/C17H18N2O4/c1-2-23-16(21)13-9-7-12(8-10-13)11-18-17(22)19-14-5-3-4-6-15(14)20/h3-10,20H,2,11H2,1H3,(H2,18,19,22). The van der Waals surface area contributed by atoms with Crippen molar-refractivity contribution in [1.29, 1.82) is 0 Å². The molecule has 2 aromatic carbocycles. The van der Waals surface area contributed by atoms with Crippen LogP contribution in [0.2, 0.25) is 0 Å². The van der Waals surface area contributed by atoms with Crippen LogP contribution >= 0.6 is 0 Å². The quantitative estimate of drug-likeness (QED) is 0.585. The average Bonchev–Trinajstić information content (AvgIpc) is 2.56. The predicted molar refractivity (Wildman–Crippen MR) is 86.4 cm³/mol. The summed E-state index contributed by atoms with van der Waals surface area (Å²) in [5.74, 6) is -0.370. The fourth-order valence-electron chi connectivity index (χ4n) is 1.90. The molecule has 0 aliphatic rings. The summed E-state index contributed by atoms with van der Waals surface area (Å²) >= 11 is 0. The number of hydrogen-bond acceptors (Lipinski definition) is 4. The zero-order chi connectivity index (χ0) is 16.7. The molecule has 120 valence electrons. The van der Waals surface area contributed by atoms with Gasteiger partial charge in [-0.25, -0.2) is 9.59 Å². The van der Waals surface area contributed by atoms with E-state index in [2.05, 4.69) is 10.6 Å². The van der Waals surface area contributed by atoms with Crippen LogP contribution in [0.3, 0.4) is 0 Å². The van der Waals surface area contributed by atoms with E-state index in [1.165, 1.54) is 6.07 Å². The summed E-state index contributed by atoms with van der Waals surface area (Å²) in [4.78, 5) is 23.3. The number of urea groups is 1. The van der Waals surface area contributed by atoms with Gasteiger partial charge in [0.2, 0.25) is 0 Å². The van der Waals surface area contributed by atoms with Gasteiger partial charge >= 0.3 is 12.0 Å². The lowest BCUT2D eigenvalue weighted by Crippen LogP contribution is -2.28. The van der Waals surface area contributed by atoms with E-state index >= 15 is 0 Å². The molecule has 0 heterocycles. The smallest absolute Gasteiger partial charge is 0.338 e. The zero-order valence-electron chi connectivity index (χ0n) is 12.7. The third-order valence-electron chi connectivity index (χ3n) is 3.07. The molecule has 3 N–H and O–H groups in total. The first-order valence-electron chi connectivity index (χ1n) is 7.19. The molecule has 23 heavy (non-hydrogen) atoms. The summed E-state index contributed by atoms with van der Waals surface area (Å²) in [6, 6.07) is 12.8. The van der Waals surface area contributed by atoms with Gasteiger partial charge in [0.15, 0.2) is 0 Å². The summed E-state index contributed by atoms with van der Waals surface area (Å²) in [5, 5.41) is 14.8. The minimum absolute atomic E-state index is 0.00133. The lowest BCUT2D eigenvalue weighted by atomic mass is 10.1. The number of nitrogens with one attached hydrogen (secondary N) is 2. The number of para-hydroxylation sites is 2. The highest BCUT2D eigenvalue weighted by molar-refractivity contribution is 5.91. The molecule has 6 nitrogen and oxygen atoms in total. The Bertz CT molecular complexity index is 683. The van der Waals surface area contributed by atoms with Crippen molar-refractivity contribution in [3.05, 3.63) is 59.7 Å². The highest BCUT2D eigenvalue weighted by Gasteiger charge is 2.07. The Hall–Kier alpha value is -3.02. The Morgan fingerprint density at radius 2 is 1.78 bits per heavy atom. The Labute approximate surface area is 134 Å². The number of rotatable bonds is 5. The van der Waals surface area contributed by atoms with E-state index in [-0.39, 0.29) is 11.7 Å². The van der Waals surface area contributed by atoms with Crippen LogP contribution in [0.25, 0.3) is 0 Å². The van der Waals surface area contributed by atoms with Gasteiger partial charge in [0.1, 0.15) is 5.75 Å². The minimum atomic E-state index is -0.430. The Morgan fingerprint density at radius 1 is 1.09 bits per heavy atom. The lowest BCUT2D eigenvalue weighted by Gasteiger charge is -2.09. The molecule has 0 spiro atoms. The Morgan fingerprint density at radius 3 is 2.43 bits per heavy atom. The van der Waals surface area contributed by atoms with Crippen LogP contribution in [0.15, 0.2) is 48.5 Å². The summed E-state index contributed by atoms with van der Waals surface area (Å²) in [6.07, 6.45) is 0. The molecule has 2 rings (SSSR count). The SMILES string of the molecule is CCOC(=O)c1ccc(CNC(=O)Nc2ccccc2O)cc1. The van der Waals surface area contributed by atoms with Crippen LogP contribution in [0, 0.1) is 0 Å². The number of ether oxygens (including phenoxy) is 1. The van der Waals surface area contributed by atoms with Crippen molar-refractivity contribution in [2.75, 3.05) is 11.9 Å². The van der Waals surface area contributed by atoms with Gasteiger partial charge in [0.05, 0.1) is 17.9 Å². The van der Waals surface area contributed by atoms with Gasteiger partial charge < -0.3 is 20.5 Å². The Balaban J connectivity index is 1.87. The number of anilines is 1. The van der Waals surface area contributed by atoms with Crippen molar-refractivity contribution in [3.8, 4) is 5.75 Å². The van der Waals surface area contributed by atoms with E-state index in [1.54, 1.807) is 49.4 Å². The van der Waals surface area contributed by atoms with Gasteiger partial charge in [-0.1, -0.05) is 24.3 Å². The van der Waals surface area contributed by atoms with Crippen LogP contribution in [0.5, 0.6) is 5.75 Å². The van der Waals surface area contributed by atoms with Crippen molar-refractivity contribution in [1.82, 2.24) is 5.32 Å². The van der Waals surface area contributed by atoms with Crippen LogP contribution in [0.4, 0.5) is 10.5 Å². The van der Waals surface area contributed by atoms with Gasteiger partial charge in [0.25, 0.3) is 0 Å². The maximum Gasteiger partial charge on any atom is 0.338 e. The lowest BCUT2D eigenvalue weighted by molar-refractivity contribution is 0.0526. The second-order valence-electron chi connectivity index (χ2n) is 4.74. The van der Waals surface area contributed by atoms with E-state index in [9.17, 15) is 14.7 Å². The number of esters is 1. The van der Waals surface area contributed by atoms with Crippen LogP contribution < -0.4 is 10.6 Å². The molecule has 6 heteroatoms. The molecular weight excluding hydrogens is 296 g/mol. The predicted octanol–water partition coefficient (Wildman–Crippen LogP) is 2.89. The highest BCUT2D eigenvalue weighted by atomic mass is 16.5. The third-order valence-corrected chi connectivity index (χ3v) is 3.07. The number of benzene rings is 2. The summed E-state index contributed by atoms with van der Waals surface area (Å²) < 4.78 is 4.90.